The van der Waals surface area contributed by atoms with Gasteiger partial charge in [0.1, 0.15) is 0 Å². The zero-order valence-corrected chi connectivity index (χ0v) is 10.1. The number of hydrogen-bond donors (Lipinski definition) is 2. The van der Waals surface area contributed by atoms with E-state index in [-0.39, 0.29) is 12.5 Å². The molecule has 92 valence electrons. The van der Waals surface area contributed by atoms with Gasteiger partial charge in [0.15, 0.2) is 0 Å². The van der Waals surface area contributed by atoms with Crippen molar-refractivity contribution >= 4 is 5.97 Å². The van der Waals surface area contributed by atoms with E-state index in [1.165, 1.54) is 5.56 Å². The minimum Gasteiger partial charge on any atom is -0.481 e. The second-order valence-electron chi connectivity index (χ2n) is 5.10. The number of hydrogen-bond acceptors (Lipinski definition) is 2. The van der Waals surface area contributed by atoms with Crippen LogP contribution in [-0.4, -0.2) is 17.6 Å². The number of carbonyl (C=O) groups is 1. The maximum atomic E-state index is 11.5. The Labute approximate surface area is 102 Å². The first kappa shape index (κ1) is 12.1. The van der Waals surface area contributed by atoms with E-state index in [0.717, 1.165) is 18.4 Å². The molecular weight excluding hydrogens is 214 g/mol. The molecular formula is C14H19NO2. The van der Waals surface area contributed by atoms with Crippen LogP contribution in [0.1, 0.15) is 24.0 Å². The third-order valence-electron chi connectivity index (χ3n) is 3.79. The molecule has 17 heavy (non-hydrogen) atoms. The summed E-state index contributed by atoms with van der Waals surface area (Å²) in [5, 5.41) is 9.47. The molecule has 1 aromatic rings. The summed E-state index contributed by atoms with van der Waals surface area (Å²) in [5.74, 6) is -0.491. The molecule has 1 fully saturated rings. The molecule has 0 aromatic heterocycles. The Hall–Kier alpha value is -1.35. The van der Waals surface area contributed by atoms with Crippen LogP contribution in [0, 0.1) is 18.3 Å². The summed E-state index contributed by atoms with van der Waals surface area (Å²) < 4.78 is 0. The highest BCUT2D eigenvalue weighted by atomic mass is 16.4. The normalized spacial score (nSPS) is 18.7. The van der Waals surface area contributed by atoms with Crippen LogP contribution in [0.25, 0.3) is 0 Å². The van der Waals surface area contributed by atoms with Gasteiger partial charge in [0, 0.05) is 6.54 Å². The van der Waals surface area contributed by atoms with Crippen LogP contribution in [0.4, 0.5) is 0 Å². The van der Waals surface area contributed by atoms with Gasteiger partial charge in [0.05, 0.1) is 5.41 Å². The molecule has 0 radical (unpaired) electrons. The van der Waals surface area contributed by atoms with E-state index in [1.54, 1.807) is 0 Å². The highest BCUT2D eigenvalue weighted by molar-refractivity contribution is 5.76. The highest BCUT2D eigenvalue weighted by Crippen LogP contribution is 2.47. The van der Waals surface area contributed by atoms with Crippen molar-refractivity contribution in [3.63, 3.8) is 0 Å². The average Bonchev–Trinajstić information content (AvgIpc) is 3.12. The Balaban J connectivity index is 2.23. The summed E-state index contributed by atoms with van der Waals surface area (Å²) in [6, 6.07) is 8.05. The van der Waals surface area contributed by atoms with E-state index >= 15 is 0 Å². The van der Waals surface area contributed by atoms with Crippen molar-refractivity contribution in [2.45, 2.75) is 26.2 Å². The van der Waals surface area contributed by atoms with Gasteiger partial charge in [-0.25, -0.2) is 0 Å². The third-order valence-corrected chi connectivity index (χ3v) is 3.79. The van der Waals surface area contributed by atoms with Crippen LogP contribution in [0.15, 0.2) is 24.3 Å². The van der Waals surface area contributed by atoms with Crippen molar-refractivity contribution in [2.75, 3.05) is 6.54 Å². The van der Waals surface area contributed by atoms with Crippen LogP contribution >= 0.6 is 0 Å². The molecule has 1 atom stereocenters. The van der Waals surface area contributed by atoms with Gasteiger partial charge in [0.25, 0.3) is 0 Å². The van der Waals surface area contributed by atoms with E-state index in [1.807, 2.05) is 31.2 Å². The Morgan fingerprint density at radius 2 is 2.00 bits per heavy atom. The molecule has 1 aromatic carbocycles. The molecule has 1 aliphatic carbocycles. The topological polar surface area (TPSA) is 63.3 Å². The third kappa shape index (κ3) is 2.34. The lowest BCUT2D eigenvalue weighted by molar-refractivity contribution is -0.149. The van der Waals surface area contributed by atoms with E-state index in [4.69, 9.17) is 5.73 Å². The van der Waals surface area contributed by atoms with Gasteiger partial charge in [-0.05, 0) is 37.7 Å². The summed E-state index contributed by atoms with van der Waals surface area (Å²) in [5.41, 5.74) is 7.25. The zero-order valence-electron chi connectivity index (χ0n) is 10.1. The van der Waals surface area contributed by atoms with E-state index in [2.05, 4.69) is 0 Å². The monoisotopic (exact) mass is 233 g/mol. The SMILES string of the molecule is Cc1ccc(CC(CN)(C(=O)O)C2CC2)cc1. The number of rotatable bonds is 5. The lowest BCUT2D eigenvalue weighted by Gasteiger charge is -2.28. The quantitative estimate of drug-likeness (QED) is 0.817. The maximum absolute atomic E-state index is 11.5. The van der Waals surface area contributed by atoms with Gasteiger partial charge in [0.2, 0.25) is 0 Å². The Bertz CT molecular complexity index is 409. The second-order valence-corrected chi connectivity index (χ2v) is 5.10. The number of carboxylic acids is 1. The van der Waals surface area contributed by atoms with E-state index < -0.39 is 11.4 Å². The molecule has 0 saturated heterocycles. The smallest absolute Gasteiger partial charge is 0.311 e. The molecule has 0 aliphatic heterocycles. The minimum absolute atomic E-state index is 0.223. The fraction of sp³-hybridized carbons (Fsp3) is 0.500. The van der Waals surface area contributed by atoms with Crippen molar-refractivity contribution < 1.29 is 9.90 Å². The first-order valence-electron chi connectivity index (χ1n) is 6.07. The number of aliphatic carboxylic acids is 1. The number of benzene rings is 1. The number of aryl methyl sites for hydroxylation is 1. The van der Waals surface area contributed by atoms with Gasteiger partial charge in [-0.15, -0.1) is 0 Å². The Morgan fingerprint density at radius 1 is 1.41 bits per heavy atom. The number of carboxylic acid groups (broad SMARTS) is 1. The summed E-state index contributed by atoms with van der Waals surface area (Å²) in [4.78, 5) is 11.5. The van der Waals surface area contributed by atoms with Gasteiger partial charge in [-0.2, -0.15) is 0 Å². The summed E-state index contributed by atoms with van der Waals surface area (Å²) in [6.07, 6.45) is 2.54. The standard InChI is InChI=1S/C14H19NO2/c1-10-2-4-11(5-3-10)8-14(9-15,13(16)17)12-6-7-12/h2-5,12H,6-9,15H2,1H3,(H,16,17). The molecule has 1 aliphatic rings. The second kappa shape index (κ2) is 4.49. The lowest BCUT2D eigenvalue weighted by atomic mass is 9.77. The molecule has 0 bridgehead atoms. The Kier molecular flexibility index (Phi) is 3.20. The fourth-order valence-electron chi connectivity index (χ4n) is 2.43. The van der Waals surface area contributed by atoms with Gasteiger partial charge >= 0.3 is 5.97 Å². The zero-order chi connectivity index (χ0) is 12.5. The van der Waals surface area contributed by atoms with Gasteiger partial charge < -0.3 is 10.8 Å². The number of nitrogens with two attached hydrogens (primary N) is 1. The van der Waals surface area contributed by atoms with E-state index in [9.17, 15) is 9.90 Å². The van der Waals surface area contributed by atoms with Crippen molar-refractivity contribution in [3.05, 3.63) is 35.4 Å². The predicted octanol–water partition coefficient (Wildman–Crippen LogP) is 1.98. The summed E-state index contributed by atoms with van der Waals surface area (Å²) >= 11 is 0. The molecule has 0 heterocycles. The van der Waals surface area contributed by atoms with E-state index in [0.29, 0.717) is 6.42 Å². The first-order chi connectivity index (χ1) is 8.08. The minimum atomic E-state index is -0.755. The largest absolute Gasteiger partial charge is 0.481 e. The highest BCUT2D eigenvalue weighted by Gasteiger charge is 2.50. The van der Waals surface area contributed by atoms with Crippen LogP contribution in [0.2, 0.25) is 0 Å². The van der Waals surface area contributed by atoms with Crippen molar-refractivity contribution in [1.29, 1.82) is 0 Å². The van der Waals surface area contributed by atoms with Gasteiger partial charge in [-0.1, -0.05) is 29.8 Å². The van der Waals surface area contributed by atoms with Crippen LogP contribution < -0.4 is 5.73 Å². The average molecular weight is 233 g/mol. The van der Waals surface area contributed by atoms with Crippen LogP contribution in [-0.2, 0) is 11.2 Å². The molecule has 3 nitrogen and oxygen atoms in total. The van der Waals surface area contributed by atoms with Crippen LogP contribution in [0.3, 0.4) is 0 Å². The molecule has 0 spiro atoms. The van der Waals surface area contributed by atoms with Crippen molar-refractivity contribution in [3.8, 4) is 0 Å². The molecule has 1 saturated carbocycles. The molecule has 1 unspecified atom stereocenters. The van der Waals surface area contributed by atoms with Crippen molar-refractivity contribution in [2.24, 2.45) is 17.1 Å². The Morgan fingerprint density at radius 3 is 2.41 bits per heavy atom. The van der Waals surface area contributed by atoms with Gasteiger partial charge in [-0.3, -0.25) is 4.79 Å². The first-order valence-corrected chi connectivity index (χ1v) is 6.07. The summed E-state index contributed by atoms with van der Waals surface area (Å²) in [6.45, 7) is 2.25. The van der Waals surface area contributed by atoms with Crippen LogP contribution in [0.5, 0.6) is 0 Å². The maximum Gasteiger partial charge on any atom is 0.311 e. The molecule has 0 amide bonds. The molecule has 2 rings (SSSR count). The predicted molar refractivity (Wildman–Crippen MR) is 66.7 cm³/mol. The molecule has 3 N–H and O–H groups in total. The summed E-state index contributed by atoms with van der Waals surface area (Å²) in [7, 11) is 0. The van der Waals surface area contributed by atoms with Crippen molar-refractivity contribution in [1.82, 2.24) is 0 Å². The molecule has 3 heteroatoms. The fourth-order valence-corrected chi connectivity index (χ4v) is 2.43. The lowest BCUT2D eigenvalue weighted by Crippen LogP contribution is -2.42.